The van der Waals surface area contributed by atoms with Gasteiger partial charge in [-0.2, -0.15) is 0 Å². The molecule has 0 radical (unpaired) electrons. The number of halogens is 1. The summed E-state index contributed by atoms with van der Waals surface area (Å²) in [5, 5.41) is 0. The molecular weight excluding hydrogens is 383 g/mol. The van der Waals surface area contributed by atoms with Crippen LogP contribution < -0.4 is 30.1 Å². The van der Waals surface area contributed by atoms with Gasteiger partial charge in [0.2, 0.25) is 0 Å². The van der Waals surface area contributed by atoms with Crippen LogP contribution in [-0.4, -0.2) is 9.97 Å². The van der Waals surface area contributed by atoms with Crippen LogP contribution >= 0.6 is 0 Å². The third-order valence-electron chi connectivity index (χ3n) is 1.38. The van der Waals surface area contributed by atoms with Gasteiger partial charge in [-0.05, 0) is 24.3 Å². The predicted octanol–water partition coefficient (Wildman–Crippen LogP) is -3.43. The van der Waals surface area contributed by atoms with Gasteiger partial charge in [0.1, 0.15) is 11.6 Å². The first kappa shape index (κ1) is 21.1. The van der Waals surface area contributed by atoms with Crippen LogP contribution in [-0.2, 0) is 22.4 Å². The topological polar surface area (TPSA) is 170 Å². The molecule has 2 aromatic heterocycles. The van der Waals surface area contributed by atoms with Gasteiger partial charge in [-0.25, -0.2) is 28.6 Å². The van der Waals surface area contributed by atoms with Gasteiger partial charge in [-0.1, -0.05) is 12.1 Å². The van der Waals surface area contributed by atoms with Crippen molar-refractivity contribution in [2.75, 3.05) is 11.5 Å². The fourth-order valence-electron chi connectivity index (χ4n) is 0.752. The first-order chi connectivity index (χ1) is 8.79. The van der Waals surface area contributed by atoms with Gasteiger partial charge in [0, 0.05) is 12.4 Å². The first-order valence-electron chi connectivity index (χ1n) is 4.74. The van der Waals surface area contributed by atoms with E-state index in [-0.39, 0.29) is 22.4 Å². The van der Waals surface area contributed by atoms with Crippen molar-refractivity contribution in [1.29, 1.82) is 0 Å². The minimum Gasteiger partial charge on any atom is -0.384 e. The summed E-state index contributed by atoms with van der Waals surface area (Å²) in [6.45, 7) is 0. The molecule has 20 heavy (non-hydrogen) atoms. The molecule has 0 atom stereocenters. The van der Waals surface area contributed by atoms with E-state index in [0.717, 1.165) is 0 Å². The maximum atomic E-state index is 8.49. The van der Waals surface area contributed by atoms with E-state index in [0.29, 0.717) is 11.6 Å². The molecule has 0 bridgehead atoms. The van der Waals surface area contributed by atoms with Gasteiger partial charge in [-0.15, -0.1) is 10.2 Å². The Labute approximate surface area is 133 Å². The van der Waals surface area contributed by atoms with Gasteiger partial charge in [0.15, 0.2) is 0 Å². The standard InChI is InChI=1S/2C5H6N2.Ag.ClHO4/c2*6-5-3-1-2-4-7-5;;2-1(3,4)5/h2*1-4H,(H2,6,7);;(H,2,3,4,5)/q;;+1;/p-1. The Morgan fingerprint density at radius 2 is 1.05 bits per heavy atom. The third-order valence-corrected chi connectivity index (χ3v) is 1.38. The first-order valence-corrected chi connectivity index (χ1v) is 5.97. The second-order valence-corrected chi connectivity index (χ2v) is 3.64. The van der Waals surface area contributed by atoms with Crippen LogP contribution in [0.3, 0.4) is 0 Å². The van der Waals surface area contributed by atoms with E-state index in [2.05, 4.69) is 9.97 Å². The number of pyridine rings is 2. The van der Waals surface area contributed by atoms with Gasteiger partial charge >= 0.3 is 22.4 Å². The zero-order valence-electron chi connectivity index (χ0n) is 9.98. The van der Waals surface area contributed by atoms with Crippen molar-refractivity contribution in [3.8, 4) is 0 Å². The molecule has 0 aliphatic heterocycles. The maximum absolute atomic E-state index is 8.49. The molecule has 0 aliphatic rings. The SMILES string of the molecule is Nc1ccccn1.Nc1ccccn1.[Ag+].[O-][Cl+3]([O-])([O-])[O-]. The van der Waals surface area contributed by atoms with E-state index in [4.69, 9.17) is 30.1 Å². The Balaban J connectivity index is 0. The summed E-state index contributed by atoms with van der Waals surface area (Å²) in [6, 6.07) is 10.9. The fraction of sp³-hybridized carbons (Fsp3) is 0. The smallest absolute Gasteiger partial charge is 0.384 e. The zero-order valence-corrected chi connectivity index (χ0v) is 12.2. The Bertz CT molecular complexity index is 401. The van der Waals surface area contributed by atoms with Crippen LogP contribution in [0.5, 0.6) is 0 Å². The number of nitrogens with zero attached hydrogens (tertiary/aromatic N) is 2. The molecule has 2 aromatic rings. The fourth-order valence-corrected chi connectivity index (χ4v) is 0.752. The van der Waals surface area contributed by atoms with E-state index in [1.54, 1.807) is 24.5 Å². The number of rotatable bonds is 0. The maximum Gasteiger partial charge on any atom is 1.00 e. The Kier molecular flexibility index (Phi) is 12.2. The second-order valence-electron chi connectivity index (χ2n) is 2.89. The molecule has 8 nitrogen and oxygen atoms in total. The van der Waals surface area contributed by atoms with Crippen molar-refractivity contribution in [2.45, 2.75) is 0 Å². The van der Waals surface area contributed by atoms with Crippen LogP contribution in [0.2, 0.25) is 0 Å². The van der Waals surface area contributed by atoms with Gasteiger partial charge in [-0.3, -0.25) is 0 Å². The molecule has 4 N–H and O–H groups in total. The molecule has 114 valence electrons. The summed E-state index contributed by atoms with van der Waals surface area (Å²) in [4.78, 5) is 7.51. The quantitative estimate of drug-likeness (QED) is 0.434. The van der Waals surface area contributed by atoms with E-state index in [1.165, 1.54) is 0 Å². The Morgan fingerprint density at radius 3 is 1.15 bits per heavy atom. The largest absolute Gasteiger partial charge is 1.00 e. The number of aromatic nitrogens is 2. The Morgan fingerprint density at radius 1 is 0.750 bits per heavy atom. The molecular formula is C10H12AgClN4O4. The van der Waals surface area contributed by atoms with Crippen LogP contribution in [0.25, 0.3) is 0 Å². The summed E-state index contributed by atoms with van der Waals surface area (Å²) >= 11 is 0. The molecule has 0 aliphatic carbocycles. The molecule has 2 rings (SSSR count). The summed E-state index contributed by atoms with van der Waals surface area (Å²) in [7, 11) is -4.94. The van der Waals surface area contributed by atoms with Crippen molar-refractivity contribution in [2.24, 2.45) is 0 Å². The minimum absolute atomic E-state index is 0. The number of nitrogens with two attached hydrogens (primary N) is 2. The minimum atomic E-state index is -4.94. The van der Waals surface area contributed by atoms with Gasteiger partial charge in [0.25, 0.3) is 0 Å². The molecule has 0 aromatic carbocycles. The summed E-state index contributed by atoms with van der Waals surface area (Å²) in [5.41, 5.74) is 10.5. The molecule has 0 spiro atoms. The van der Waals surface area contributed by atoms with Crippen LogP contribution in [0.1, 0.15) is 0 Å². The van der Waals surface area contributed by atoms with Crippen molar-refractivity contribution < 1.29 is 51.3 Å². The van der Waals surface area contributed by atoms with Crippen LogP contribution in [0.4, 0.5) is 11.6 Å². The van der Waals surface area contributed by atoms with Crippen molar-refractivity contribution in [3.05, 3.63) is 48.8 Å². The second kappa shape index (κ2) is 11.6. The summed E-state index contributed by atoms with van der Waals surface area (Å²) in [5.74, 6) is 1.14. The number of anilines is 2. The third kappa shape index (κ3) is 19.1. The molecule has 2 heterocycles. The molecule has 0 amide bonds. The molecule has 0 saturated carbocycles. The average Bonchev–Trinajstić information content (AvgIpc) is 2.29. The molecule has 0 fully saturated rings. The zero-order chi connectivity index (χ0) is 14.7. The van der Waals surface area contributed by atoms with Crippen LogP contribution in [0.15, 0.2) is 48.8 Å². The number of hydrogen-bond acceptors (Lipinski definition) is 8. The molecule has 0 saturated heterocycles. The van der Waals surface area contributed by atoms with Crippen molar-refractivity contribution in [3.63, 3.8) is 0 Å². The average molecular weight is 396 g/mol. The molecule has 10 heteroatoms. The normalized spacial score (nSPS) is 9.00. The van der Waals surface area contributed by atoms with Gasteiger partial charge < -0.3 is 11.5 Å². The van der Waals surface area contributed by atoms with E-state index in [1.807, 2.05) is 24.3 Å². The van der Waals surface area contributed by atoms with E-state index >= 15 is 0 Å². The summed E-state index contributed by atoms with van der Waals surface area (Å²) < 4.78 is 34.0. The predicted molar refractivity (Wildman–Crippen MR) is 57.3 cm³/mol. The monoisotopic (exact) mass is 394 g/mol. The number of nitrogen functional groups attached to an aromatic ring is 2. The van der Waals surface area contributed by atoms with Crippen LogP contribution in [0, 0.1) is 10.2 Å². The number of hydrogen-bond donors (Lipinski definition) is 2. The van der Waals surface area contributed by atoms with Gasteiger partial charge in [0.05, 0.1) is 0 Å². The Hall–Kier alpha value is -1.23. The van der Waals surface area contributed by atoms with Crippen molar-refractivity contribution in [1.82, 2.24) is 9.97 Å². The van der Waals surface area contributed by atoms with Crippen molar-refractivity contribution >= 4 is 11.6 Å². The molecule has 0 unspecified atom stereocenters. The summed E-state index contributed by atoms with van der Waals surface area (Å²) in [6.07, 6.45) is 3.32. The van der Waals surface area contributed by atoms with E-state index < -0.39 is 10.2 Å². The van der Waals surface area contributed by atoms with E-state index in [9.17, 15) is 0 Å².